The summed E-state index contributed by atoms with van der Waals surface area (Å²) in [5.74, 6) is 0. The maximum Gasteiger partial charge on any atom is 0.0937 e. The SMILES string of the molecule is CCCCC(NCCc1nccs1)c1ccccc1. The monoisotopic (exact) mass is 274 g/mol. The largest absolute Gasteiger partial charge is 0.310 e. The lowest BCUT2D eigenvalue weighted by atomic mass is 10.0. The van der Waals surface area contributed by atoms with Crippen molar-refractivity contribution in [1.82, 2.24) is 10.3 Å². The number of aromatic nitrogens is 1. The fraction of sp³-hybridized carbons (Fsp3) is 0.438. The van der Waals surface area contributed by atoms with E-state index in [4.69, 9.17) is 0 Å². The highest BCUT2D eigenvalue weighted by Crippen LogP contribution is 2.19. The number of nitrogens with one attached hydrogen (secondary N) is 1. The second-order valence-corrected chi connectivity index (χ2v) is 5.71. The van der Waals surface area contributed by atoms with Crippen molar-refractivity contribution in [3.8, 4) is 0 Å². The third kappa shape index (κ3) is 4.77. The van der Waals surface area contributed by atoms with Gasteiger partial charge in [0.05, 0.1) is 5.01 Å². The molecule has 0 saturated carbocycles. The molecular weight excluding hydrogens is 252 g/mol. The molecule has 0 aliphatic carbocycles. The van der Waals surface area contributed by atoms with E-state index in [-0.39, 0.29) is 0 Å². The van der Waals surface area contributed by atoms with Gasteiger partial charge in [0.2, 0.25) is 0 Å². The second-order valence-electron chi connectivity index (χ2n) is 4.74. The van der Waals surface area contributed by atoms with Crippen LogP contribution in [-0.4, -0.2) is 11.5 Å². The number of hydrogen-bond acceptors (Lipinski definition) is 3. The quantitative estimate of drug-likeness (QED) is 0.780. The van der Waals surface area contributed by atoms with Gasteiger partial charge in [-0.15, -0.1) is 11.3 Å². The average molecular weight is 274 g/mol. The summed E-state index contributed by atoms with van der Waals surface area (Å²) in [5.41, 5.74) is 1.40. The van der Waals surface area contributed by atoms with Crippen LogP contribution in [0.2, 0.25) is 0 Å². The molecule has 0 spiro atoms. The standard InChI is InChI=1S/C16H22N2S/c1-2-3-9-15(14-7-5-4-6-8-14)17-11-10-16-18-12-13-19-16/h4-8,12-13,15,17H,2-3,9-11H2,1H3. The van der Waals surface area contributed by atoms with Crippen molar-refractivity contribution in [1.29, 1.82) is 0 Å². The number of thiazole rings is 1. The van der Waals surface area contributed by atoms with E-state index in [1.807, 2.05) is 11.6 Å². The molecule has 0 aliphatic rings. The van der Waals surface area contributed by atoms with Gasteiger partial charge in [-0.05, 0) is 12.0 Å². The van der Waals surface area contributed by atoms with Crippen LogP contribution in [0.15, 0.2) is 41.9 Å². The molecule has 1 aromatic heterocycles. The number of unbranched alkanes of at least 4 members (excludes halogenated alkanes) is 1. The van der Waals surface area contributed by atoms with E-state index < -0.39 is 0 Å². The van der Waals surface area contributed by atoms with Gasteiger partial charge in [-0.1, -0.05) is 50.1 Å². The summed E-state index contributed by atoms with van der Waals surface area (Å²) < 4.78 is 0. The van der Waals surface area contributed by atoms with Crippen LogP contribution in [0.3, 0.4) is 0 Å². The molecule has 0 amide bonds. The first-order chi connectivity index (χ1) is 9.40. The summed E-state index contributed by atoms with van der Waals surface area (Å²) in [6.07, 6.45) is 6.62. The Kier molecular flexibility index (Phi) is 6.05. The molecular formula is C16H22N2S. The Balaban J connectivity index is 1.87. The van der Waals surface area contributed by atoms with Crippen LogP contribution in [0.5, 0.6) is 0 Å². The van der Waals surface area contributed by atoms with Crippen molar-refractivity contribution in [2.24, 2.45) is 0 Å². The van der Waals surface area contributed by atoms with Crippen LogP contribution in [0.1, 0.15) is 42.8 Å². The van der Waals surface area contributed by atoms with Crippen LogP contribution in [-0.2, 0) is 6.42 Å². The Hall–Kier alpha value is -1.19. The van der Waals surface area contributed by atoms with E-state index in [1.54, 1.807) is 11.3 Å². The zero-order valence-corrected chi connectivity index (χ0v) is 12.3. The smallest absolute Gasteiger partial charge is 0.0937 e. The zero-order chi connectivity index (χ0) is 13.3. The fourth-order valence-corrected chi connectivity index (χ4v) is 2.83. The third-order valence-electron chi connectivity index (χ3n) is 3.26. The Morgan fingerprint density at radius 3 is 2.79 bits per heavy atom. The molecule has 2 aromatic rings. The van der Waals surface area contributed by atoms with Crippen molar-refractivity contribution >= 4 is 11.3 Å². The second kappa shape index (κ2) is 8.08. The lowest BCUT2D eigenvalue weighted by molar-refractivity contribution is 0.484. The molecule has 0 aliphatic heterocycles. The molecule has 19 heavy (non-hydrogen) atoms. The molecule has 0 fully saturated rings. The van der Waals surface area contributed by atoms with Gasteiger partial charge in [-0.2, -0.15) is 0 Å². The van der Waals surface area contributed by atoms with Crippen molar-refractivity contribution in [3.63, 3.8) is 0 Å². The van der Waals surface area contributed by atoms with Crippen LogP contribution in [0, 0.1) is 0 Å². The highest BCUT2D eigenvalue weighted by atomic mass is 32.1. The summed E-state index contributed by atoms with van der Waals surface area (Å²) in [6.45, 7) is 3.24. The van der Waals surface area contributed by atoms with Gasteiger partial charge in [0.15, 0.2) is 0 Å². The van der Waals surface area contributed by atoms with E-state index in [0.717, 1.165) is 13.0 Å². The Morgan fingerprint density at radius 2 is 2.11 bits per heavy atom. The van der Waals surface area contributed by atoms with Crippen molar-refractivity contribution in [2.75, 3.05) is 6.54 Å². The van der Waals surface area contributed by atoms with Gasteiger partial charge < -0.3 is 5.32 Å². The molecule has 0 radical (unpaired) electrons. The van der Waals surface area contributed by atoms with Gasteiger partial charge in [0.25, 0.3) is 0 Å². The first kappa shape index (κ1) is 14.2. The summed E-state index contributed by atoms with van der Waals surface area (Å²) in [5, 5.41) is 6.94. The Morgan fingerprint density at radius 1 is 1.26 bits per heavy atom. The van der Waals surface area contributed by atoms with E-state index >= 15 is 0 Å². The van der Waals surface area contributed by atoms with Crippen molar-refractivity contribution in [2.45, 2.75) is 38.6 Å². The van der Waals surface area contributed by atoms with Crippen LogP contribution in [0.4, 0.5) is 0 Å². The van der Waals surface area contributed by atoms with E-state index in [9.17, 15) is 0 Å². The maximum atomic E-state index is 4.33. The molecule has 1 unspecified atom stereocenters. The minimum absolute atomic E-state index is 0.473. The van der Waals surface area contributed by atoms with Crippen LogP contribution >= 0.6 is 11.3 Å². The van der Waals surface area contributed by atoms with Crippen molar-refractivity contribution in [3.05, 3.63) is 52.5 Å². The Labute approximate surface area is 119 Å². The molecule has 2 nitrogen and oxygen atoms in total. The van der Waals surface area contributed by atoms with E-state index in [1.165, 1.54) is 29.8 Å². The van der Waals surface area contributed by atoms with Crippen LogP contribution in [0.25, 0.3) is 0 Å². The van der Waals surface area contributed by atoms with Crippen LogP contribution < -0.4 is 5.32 Å². The number of hydrogen-bond donors (Lipinski definition) is 1. The maximum absolute atomic E-state index is 4.33. The van der Waals surface area contributed by atoms with Gasteiger partial charge in [-0.25, -0.2) is 4.98 Å². The summed E-state index contributed by atoms with van der Waals surface area (Å²) in [7, 11) is 0. The molecule has 102 valence electrons. The van der Waals surface area contributed by atoms with Gasteiger partial charge >= 0.3 is 0 Å². The normalized spacial score (nSPS) is 12.5. The molecule has 0 saturated heterocycles. The Bertz CT molecular complexity index is 439. The van der Waals surface area contributed by atoms with Gasteiger partial charge in [0.1, 0.15) is 0 Å². The summed E-state index contributed by atoms with van der Waals surface area (Å²) in [4.78, 5) is 4.33. The fourth-order valence-electron chi connectivity index (χ4n) is 2.21. The van der Waals surface area contributed by atoms with E-state index in [2.05, 4.69) is 47.6 Å². The number of nitrogens with zero attached hydrogens (tertiary/aromatic N) is 1. The number of rotatable bonds is 8. The molecule has 1 heterocycles. The van der Waals surface area contributed by atoms with E-state index in [0.29, 0.717) is 6.04 Å². The molecule has 1 N–H and O–H groups in total. The van der Waals surface area contributed by atoms with Crippen molar-refractivity contribution < 1.29 is 0 Å². The number of benzene rings is 1. The molecule has 2 rings (SSSR count). The minimum atomic E-state index is 0.473. The minimum Gasteiger partial charge on any atom is -0.310 e. The third-order valence-corrected chi connectivity index (χ3v) is 4.10. The zero-order valence-electron chi connectivity index (χ0n) is 11.5. The molecule has 1 atom stereocenters. The molecule has 3 heteroatoms. The summed E-state index contributed by atoms with van der Waals surface area (Å²) >= 11 is 1.74. The first-order valence-electron chi connectivity index (χ1n) is 7.07. The molecule has 0 bridgehead atoms. The average Bonchev–Trinajstić information content (AvgIpc) is 2.97. The predicted octanol–water partition coefficient (Wildman–Crippen LogP) is 4.21. The highest BCUT2D eigenvalue weighted by molar-refractivity contribution is 7.09. The lowest BCUT2D eigenvalue weighted by Crippen LogP contribution is -2.23. The van der Waals surface area contributed by atoms with Gasteiger partial charge in [0, 0.05) is 30.6 Å². The summed E-state index contributed by atoms with van der Waals surface area (Å²) in [6, 6.07) is 11.2. The van der Waals surface area contributed by atoms with Gasteiger partial charge in [-0.3, -0.25) is 0 Å². The highest BCUT2D eigenvalue weighted by Gasteiger charge is 2.09. The topological polar surface area (TPSA) is 24.9 Å². The lowest BCUT2D eigenvalue weighted by Gasteiger charge is -2.18. The molecule has 1 aromatic carbocycles. The predicted molar refractivity (Wildman–Crippen MR) is 82.5 cm³/mol. The first-order valence-corrected chi connectivity index (χ1v) is 7.95.